The molecule has 6 nitrogen and oxygen atoms in total. The minimum absolute atomic E-state index is 0.129. The third kappa shape index (κ3) is 7.02. The average Bonchev–Trinajstić information content (AvgIpc) is 2.78. The van der Waals surface area contributed by atoms with Gasteiger partial charge in [0, 0.05) is 13.1 Å². The molecular formula is C25H34N2O4. The van der Waals surface area contributed by atoms with Crippen LogP contribution in [0.1, 0.15) is 43.4 Å². The number of ether oxygens (including phenoxy) is 2. The second-order valence-corrected chi connectivity index (χ2v) is 7.62. The zero-order valence-corrected chi connectivity index (χ0v) is 19.2. The lowest BCUT2D eigenvalue weighted by Crippen LogP contribution is -2.50. The summed E-state index contributed by atoms with van der Waals surface area (Å²) >= 11 is 0. The van der Waals surface area contributed by atoms with Gasteiger partial charge in [-0.15, -0.1) is 0 Å². The van der Waals surface area contributed by atoms with Crippen molar-refractivity contribution >= 4 is 11.8 Å². The molecule has 1 atom stereocenters. The number of methoxy groups -OCH3 is 1. The highest BCUT2D eigenvalue weighted by Gasteiger charge is 2.28. The van der Waals surface area contributed by atoms with Crippen LogP contribution in [-0.2, 0) is 16.1 Å². The molecule has 0 spiro atoms. The lowest BCUT2D eigenvalue weighted by Gasteiger charge is -2.30. The zero-order valence-electron chi connectivity index (χ0n) is 19.2. The third-order valence-corrected chi connectivity index (χ3v) is 5.29. The van der Waals surface area contributed by atoms with Crippen molar-refractivity contribution in [3.05, 3.63) is 59.2 Å². The fourth-order valence-corrected chi connectivity index (χ4v) is 3.24. The molecule has 0 aromatic heterocycles. The van der Waals surface area contributed by atoms with Gasteiger partial charge < -0.3 is 19.7 Å². The van der Waals surface area contributed by atoms with Gasteiger partial charge in [-0.05, 0) is 67.6 Å². The van der Waals surface area contributed by atoms with Gasteiger partial charge in [-0.2, -0.15) is 0 Å². The van der Waals surface area contributed by atoms with E-state index in [4.69, 9.17) is 9.47 Å². The van der Waals surface area contributed by atoms with Gasteiger partial charge >= 0.3 is 0 Å². The highest BCUT2D eigenvalue weighted by Crippen LogP contribution is 2.19. The summed E-state index contributed by atoms with van der Waals surface area (Å²) in [6, 6.07) is 12.7. The van der Waals surface area contributed by atoms with E-state index in [1.54, 1.807) is 12.0 Å². The Morgan fingerprint density at radius 3 is 2.26 bits per heavy atom. The fraction of sp³-hybridized carbons (Fsp3) is 0.440. The van der Waals surface area contributed by atoms with Gasteiger partial charge in [-0.1, -0.05) is 32.0 Å². The first-order valence-electron chi connectivity index (χ1n) is 10.8. The van der Waals surface area contributed by atoms with Crippen LogP contribution in [0.3, 0.4) is 0 Å². The molecule has 1 N–H and O–H groups in total. The first kappa shape index (κ1) is 24.3. The number of carbonyl (C=O) groups is 2. The summed E-state index contributed by atoms with van der Waals surface area (Å²) in [6.07, 6.45) is 1.35. The van der Waals surface area contributed by atoms with E-state index >= 15 is 0 Å². The molecule has 0 aliphatic rings. The van der Waals surface area contributed by atoms with Crippen LogP contribution in [0.2, 0.25) is 0 Å². The van der Waals surface area contributed by atoms with Crippen LogP contribution < -0.4 is 14.8 Å². The molecule has 0 radical (unpaired) electrons. The van der Waals surface area contributed by atoms with Crippen molar-refractivity contribution < 1.29 is 19.1 Å². The Morgan fingerprint density at radius 1 is 1.00 bits per heavy atom. The van der Waals surface area contributed by atoms with Crippen molar-refractivity contribution in [1.82, 2.24) is 10.2 Å². The number of hydrogen-bond donors (Lipinski definition) is 1. The van der Waals surface area contributed by atoms with Crippen molar-refractivity contribution in [3.63, 3.8) is 0 Å². The van der Waals surface area contributed by atoms with E-state index in [1.165, 1.54) is 5.56 Å². The Hall–Kier alpha value is -3.02. The molecule has 0 bridgehead atoms. The van der Waals surface area contributed by atoms with E-state index in [-0.39, 0.29) is 18.4 Å². The van der Waals surface area contributed by atoms with Gasteiger partial charge in [-0.3, -0.25) is 9.59 Å². The van der Waals surface area contributed by atoms with E-state index in [0.717, 1.165) is 23.3 Å². The molecule has 0 aliphatic carbocycles. The van der Waals surface area contributed by atoms with E-state index in [2.05, 4.69) is 5.32 Å². The maximum absolute atomic E-state index is 13.2. The molecule has 31 heavy (non-hydrogen) atoms. The molecular weight excluding hydrogens is 392 g/mol. The minimum atomic E-state index is -0.565. The van der Waals surface area contributed by atoms with Gasteiger partial charge in [-0.25, -0.2) is 0 Å². The second-order valence-electron chi connectivity index (χ2n) is 7.62. The smallest absolute Gasteiger partial charge is 0.261 e. The summed E-state index contributed by atoms with van der Waals surface area (Å²) in [7, 11) is 1.61. The first-order chi connectivity index (χ1) is 14.9. The Labute approximate surface area is 185 Å². The Bertz CT molecular complexity index is 864. The van der Waals surface area contributed by atoms with Crippen LogP contribution in [0.4, 0.5) is 0 Å². The fourth-order valence-electron chi connectivity index (χ4n) is 3.24. The van der Waals surface area contributed by atoms with Gasteiger partial charge in [0.05, 0.1) is 7.11 Å². The Balaban J connectivity index is 2.19. The summed E-state index contributed by atoms with van der Waals surface area (Å²) in [5.74, 6) is 1.02. The second kappa shape index (κ2) is 12.0. The van der Waals surface area contributed by atoms with Crippen molar-refractivity contribution in [3.8, 4) is 11.5 Å². The summed E-state index contributed by atoms with van der Waals surface area (Å²) < 4.78 is 11.0. The number of rotatable bonds is 11. The van der Waals surface area contributed by atoms with E-state index < -0.39 is 6.04 Å². The SMILES string of the molecule is CCCNC(=O)[C@H](CC)N(Cc1ccc(OC)cc1)C(=O)COc1ccc(C)c(C)c1. The molecule has 6 heteroatoms. The summed E-state index contributed by atoms with van der Waals surface area (Å²) in [5, 5.41) is 2.92. The van der Waals surface area contributed by atoms with Gasteiger partial charge in [0.1, 0.15) is 17.5 Å². The zero-order chi connectivity index (χ0) is 22.8. The molecule has 2 aromatic rings. The summed E-state index contributed by atoms with van der Waals surface area (Å²) in [4.78, 5) is 27.5. The molecule has 0 saturated heterocycles. The highest BCUT2D eigenvalue weighted by molar-refractivity contribution is 5.88. The number of amides is 2. The molecule has 0 aliphatic heterocycles. The predicted octanol–water partition coefficient (Wildman–Crippen LogP) is 4.02. The maximum Gasteiger partial charge on any atom is 0.261 e. The molecule has 0 saturated carbocycles. The van der Waals surface area contributed by atoms with Gasteiger partial charge in [0.25, 0.3) is 5.91 Å². The first-order valence-corrected chi connectivity index (χ1v) is 10.8. The van der Waals surface area contributed by atoms with Crippen LogP contribution >= 0.6 is 0 Å². The van der Waals surface area contributed by atoms with Crippen LogP contribution in [0.25, 0.3) is 0 Å². The number of aryl methyl sites for hydroxylation is 2. The van der Waals surface area contributed by atoms with Crippen LogP contribution in [-0.4, -0.2) is 43.0 Å². The predicted molar refractivity (Wildman–Crippen MR) is 122 cm³/mol. The minimum Gasteiger partial charge on any atom is -0.497 e. The van der Waals surface area contributed by atoms with Gasteiger partial charge in [0.2, 0.25) is 5.91 Å². The number of nitrogens with one attached hydrogen (secondary N) is 1. The number of benzene rings is 2. The normalized spacial score (nSPS) is 11.5. The lowest BCUT2D eigenvalue weighted by atomic mass is 10.1. The van der Waals surface area contributed by atoms with Crippen molar-refractivity contribution in [2.24, 2.45) is 0 Å². The van der Waals surface area contributed by atoms with E-state index in [1.807, 2.05) is 70.2 Å². The lowest BCUT2D eigenvalue weighted by molar-refractivity contribution is -0.143. The van der Waals surface area contributed by atoms with Crippen molar-refractivity contribution in [2.45, 2.75) is 53.1 Å². The molecule has 0 unspecified atom stereocenters. The largest absolute Gasteiger partial charge is 0.497 e. The molecule has 0 fully saturated rings. The maximum atomic E-state index is 13.2. The van der Waals surface area contributed by atoms with Crippen LogP contribution in [0, 0.1) is 13.8 Å². The van der Waals surface area contributed by atoms with Crippen LogP contribution in [0.5, 0.6) is 11.5 Å². The molecule has 2 aromatic carbocycles. The molecule has 0 heterocycles. The monoisotopic (exact) mass is 426 g/mol. The third-order valence-electron chi connectivity index (χ3n) is 5.29. The topological polar surface area (TPSA) is 67.9 Å². The molecule has 168 valence electrons. The molecule has 2 rings (SSSR count). The number of nitrogens with zero attached hydrogens (tertiary/aromatic N) is 1. The Morgan fingerprint density at radius 2 is 1.68 bits per heavy atom. The number of hydrogen-bond acceptors (Lipinski definition) is 4. The standard InChI is InChI=1S/C25H34N2O4/c1-6-14-26-25(29)23(7-2)27(16-20-9-12-21(30-5)13-10-20)24(28)17-31-22-11-8-18(3)19(4)15-22/h8-13,15,23H,6-7,14,16-17H2,1-5H3,(H,26,29)/t23-/m0/s1. The van der Waals surface area contributed by atoms with E-state index in [0.29, 0.717) is 25.3 Å². The van der Waals surface area contributed by atoms with Crippen molar-refractivity contribution in [2.75, 3.05) is 20.3 Å². The Kier molecular flexibility index (Phi) is 9.38. The quantitative estimate of drug-likeness (QED) is 0.589. The average molecular weight is 427 g/mol. The highest BCUT2D eigenvalue weighted by atomic mass is 16.5. The van der Waals surface area contributed by atoms with Gasteiger partial charge in [0.15, 0.2) is 6.61 Å². The van der Waals surface area contributed by atoms with Crippen molar-refractivity contribution in [1.29, 1.82) is 0 Å². The van der Waals surface area contributed by atoms with Crippen LogP contribution in [0.15, 0.2) is 42.5 Å². The number of carbonyl (C=O) groups excluding carboxylic acids is 2. The summed E-state index contributed by atoms with van der Waals surface area (Å²) in [5.41, 5.74) is 3.19. The summed E-state index contributed by atoms with van der Waals surface area (Å²) in [6.45, 7) is 8.72. The van der Waals surface area contributed by atoms with E-state index in [9.17, 15) is 9.59 Å². The molecule has 2 amide bonds.